The van der Waals surface area contributed by atoms with Crippen molar-refractivity contribution in [1.29, 1.82) is 0 Å². The highest BCUT2D eigenvalue weighted by Crippen LogP contribution is 2.35. The van der Waals surface area contributed by atoms with Crippen molar-refractivity contribution in [2.24, 2.45) is 0 Å². The molecule has 1 fully saturated rings. The van der Waals surface area contributed by atoms with Crippen LogP contribution in [-0.4, -0.2) is 73.5 Å². The van der Waals surface area contributed by atoms with Crippen LogP contribution in [0.1, 0.15) is 53.7 Å². The van der Waals surface area contributed by atoms with E-state index < -0.39 is 5.44 Å². The fourth-order valence-electron chi connectivity index (χ4n) is 5.61. The van der Waals surface area contributed by atoms with Crippen molar-refractivity contribution in [1.82, 2.24) is 15.1 Å². The highest BCUT2D eigenvalue weighted by molar-refractivity contribution is 6.30. The monoisotopic (exact) mass is 522 g/mol. The maximum Gasteiger partial charge on any atom is 0.254 e. The van der Waals surface area contributed by atoms with E-state index in [4.69, 9.17) is 4.74 Å². The number of anilines is 1. The molecule has 10 heteroatoms. The molecule has 0 radical (unpaired) electrons. The molecule has 1 saturated heterocycles. The molecule has 2 N–H and O–H groups in total. The number of likely N-dealkylation sites (N-methyl/N-ethyl adjacent to an activating group) is 1. The summed E-state index contributed by atoms with van der Waals surface area (Å²) in [6, 6.07) is 10.8. The topological polar surface area (TPSA) is 91.0 Å². The summed E-state index contributed by atoms with van der Waals surface area (Å²) in [4.78, 5) is 40.9. The van der Waals surface area contributed by atoms with Crippen LogP contribution in [0.5, 0.6) is 0 Å². The molecule has 3 atom stereocenters. The number of ether oxygens (including phenoxy) is 1. The van der Waals surface area contributed by atoms with E-state index in [1.165, 1.54) is 11.9 Å². The first-order valence-electron chi connectivity index (χ1n) is 13.2. The fourth-order valence-corrected chi connectivity index (χ4v) is 5.61. The summed E-state index contributed by atoms with van der Waals surface area (Å²) in [5, 5.41) is 5.95. The van der Waals surface area contributed by atoms with Crippen molar-refractivity contribution in [3.8, 4) is 0 Å². The third kappa shape index (κ3) is 5.61. The Morgan fingerprint density at radius 1 is 1.18 bits per heavy atom. The molecule has 38 heavy (non-hydrogen) atoms. The summed E-state index contributed by atoms with van der Waals surface area (Å²) in [5.41, 5.74) is 1.98. The van der Waals surface area contributed by atoms with Gasteiger partial charge in [-0.25, -0.2) is 4.39 Å². The maximum absolute atomic E-state index is 15.5. The van der Waals surface area contributed by atoms with Crippen LogP contribution < -0.4 is 10.6 Å². The molecule has 0 bridgehead atoms. The number of carbonyl (C=O) groups is 3. The van der Waals surface area contributed by atoms with Crippen LogP contribution >= 0.6 is 0 Å². The number of benzene rings is 2. The predicted molar refractivity (Wildman–Crippen MR) is 146 cm³/mol. The molecule has 2 aromatic rings. The van der Waals surface area contributed by atoms with Crippen LogP contribution in [0.25, 0.3) is 0 Å². The quantitative estimate of drug-likeness (QED) is 0.367. The minimum atomic E-state index is -1.17. The van der Waals surface area contributed by atoms with E-state index in [9.17, 15) is 14.4 Å². The normalized spacial score (nSPS) is 21.1. The van der Waals surface area contributed by atoms with Gasteiger partial charge in [0.2, 0.25) is 5.91 Å². The molecular weight excluding hydrogens is 486 g/mol. The third-order valence-electron chi connectivity index (χ3n) is 7.55. The second-order valence-corrected chi connectivity index (χ2v) is 10.5. The Morgan fingerprint density at radius 3 is 2.55 bits per heavy atom. The van der Waals surface area contributed by atoms with Gasteiger partial charge in [-0.1, -0.05) is 24.3 Å². The van der Waals surface area contributed by atoms with Crippen LogP contribution in [-0.2, 0) is 34.0 Å². The number of nitrogens with zero attached hydrogens (tertiary/aromatic N) is 2. The van der Waals surface area contributed by atoms with Gasteiger partial charge in [-0.15, -0.1) is 0 Å². The van der Waals surface area contributed by atoms with Gasteiger partial charge >= 0.3 is 0 Å². The van der Waals surface area contributed by atoms with Crippen molar-refractivity contribution in [3.05, 3.63) is 64.5 Å². The zero-order chi connectivity index (χ0) is 27.4. The van der Waals surface area contributed by atoms with Crippen LogP contribution in [0.2, 0.25) is 0 Å². The molecular formula is C28H36BFN4O4. The lowest BCUT2D eigenvalue weighted by molar-refractivity contribution is -0.127. The standard InChI is InChI=1S/C28H36BFN4O4/c1-18-14-33(15-19(2)38-18)16-21-8-4-7-20(25(21)30)13-32-24-10-5-9-22-23(24)17-34(26(22)36)28(29,11-6-12-35)27(37)31-3/h4-5,7-10,12,18-19,32H,6,11,13-17,29H2,1-3H3,(H,31,37). The van der Waals surface area contributed by atoms with Crippen molar-refractivity contribution in [2.75, 3.05) is 25.5 Å². The van der Waals surface area contributed by atoms with Gasteiger partial charge in [0.1, 0.15) is 19.9 Å². The van der Waals surface area contributed by atoms with Gasteiger partial charge < -0.3 is 25.1 Å². The first kappa shape index (κ1) is 27.8. The fraction of sp³-hybridized carbons (Fsp3) is 0.464. The molecule has 4 rings (SSSR count). The van der Waals surface area contributed by atoms with Gasteiger partial charge in [0.15, 0.2) is 0 Å². The molecule has 8 nitrogen and oxygen atoms in total. The second-order valence-electron chi connectivity index (χ2n) is 10.5. The lowest BCUT2D eigenvalue weighted by atomic mass is 9.71. The Balaban J connectivity index is 1.51. The minimum Gasteiger partial charge on any atom is -0.381 e. The first-order valence-corrected chi connectivity index (χ1v) is 13.2. The Morgan fingerprint density at radius 2 is 1.87 bits per heavy atom. The summed E-state index contributed by atoms with van der Waals surface area (Å²) < 4.78 is 21.3. The smallest absolute Gasteiger partial charge is 0.254 e. The van der Waals surface area contributed by atoms with Gasteiger partial charge in [0.25, 0.3) is 5.91 Å². The molecule has 2 amide bonds. The number of hydrogen-bond acceptors (Lipinski definition) is 6. The number of fused-ring (bicyclic) bond motifs is 1. The minimum absolute atomic E-state index is 0.109. The van der Waals surface area contributed by atoms with Crippen molar-refractivity contribution >= 4 is 31.6 Å². The summed E-state index contributed by atoms with van der Waals surface area (Å²) in [6.45, 7) is 6.56. The van der Waals surface area contributed by atoms with Gasteiger partial charge in [0.05, 0.1) is 17.6 Å². The number of carbonyl (C=O) groups excluding carboxylic acids is 3. The first-order chi connectivity index (χ1) is 18.2. The molecule has 0 aromatic heterocycles. The van der Waals surface area contributed by atoms with Crippen molar-refractivity contribution in [3.63, 3.8) is 0 Å². The van der Waals surface area contributed by atoms with E-state index in [0.29, 0.717) is 28.9 Å². The molecule has 0 spiro atoms. The van der Waals surface area contributed by atoms with Crippen LogP contribution in [0.3, 0.4) is 0 Å². The number of halogens is 1. The van der Waals surface area contributed by atoms with E-state index in [2.05, 4.69) is 15.5 Å². The SMILES string of the molecule is BC(CCC=O)(C(=O)NC)N1Cc2c(NCc3cccc(CN4CC(C)OC(C)C4)c3F)cccc2C1=O. The number of rotatable bonds is 10. The summed E-state index contributed by atoms with van der Waals surface area (Å²) >= 11 is 0. The largest absolute Gasteiger partial charge is 0.381 e. The number of nitrogens with one attached hydrogen (secondary N) is 2. The molecule has 202 valence electrons. The van der Waals surface area contributed by atoms with Crippen LogP contribution in [0.4, 0.5) is 10.1 Å². The van der Waals surface area contributed by atoms with E-state index >= 15 is 4.39 Å². The third-order valence-corrected chi connectivity index (χ3v) is 7.55. The number of aldehydes is 1. The van der Waals surface area contributed by atoms with Crippen molar-refractivity contribution < 1.29 is 23.5 Å². The second kappa shape index (κ2) is 11.7. The number of amides is 2. The van der Waals surface area contributed by atoms with Gasteiger partial charge in [-0.2, -0.15) is 0 Å². The van der Waals surface area contributed by atoms with Gasteiger partial charge in [0, 0.05) is 74.1 Å². The maximum atomic E-state index is 15.5. The Hall–Kier alpha value is -3.24. The molecule has 0 saturated carbocycles. The summed E-state index contributed by atoms with van der Waals surface area (Å²) in [5.74, 6) is -0.820. The molecule has 2 aromatic carbocycles. The van der Waals surface area contributed by atoms with E-state index in [0.717, 1.165) is 24.9 Å². The molecule has 3 unspecified atom stereocenters. The Labute approximate surface area is 224 Å². The number of hydrogen-bond donors (Lipinski definition) is 2. The van der Waals surface area contributed by atoms with Crippen LogP contribution in [0.15, 0.2) is 36.4 Å². The van der Waals surface area contributed by atoms with E-state index in [1.807, 2.05) is 32.0 Å². The lowest BCUT2D eigenvalue weighted by Crippen LogP contribution is -2.59. The zero-order valence-corrected chi connectivity index (χ0v) is 22.6. The summed E-state index contributed by atoms with van der Waals surface area (Å²) in [6.07, 6.45) is 1.35. The number of morpholine rings is 1. The molecule has 2 aliphatic heterocycles. The summed E-state index contributed by atoms with van der Waals surface area (Å²) in [7, 11) is 3.20. The Bertz CT molecular complexity index is 1200. The average Bonchev–Trinajstić information content (AvgIpc) is 3.24. The van der Waals surface area contributed by atoms with E-state index in [-0.39, 0.29) is 55.8 Å². The Kier molecular flexibility index (Phi) is 8.52. The van der Waals surface area contributed by atoms with Crippen molar-refractivity contribution in [2.45, 2.75) is 64.0 Å². The van der Waals surface area contributed by atoms with Gasteiger partial charge in [-0.05, 0) is 32.4 Å². The average molecular weight is 522 g/mol. The van der Waals surface area contributed by atoms with E-state index in [1.54, 1.807) is 26.0 Å². The van der Waals surface area contributed by atoms with Gasteiger partial charge in [-0.3, -0.25) is 14.5 Å². The molecule has 2 aliphatic rings. The zero-order valence-electron chi connectivity index (χ0n) is 22.6. The molecule has 2 heterocycles. The van der Waals surface area contributed by atoms with Crippen LogP contribution in [0, 0.1) is 5.82 Å². The molecule has 0 aliphatic carbocycles. The highest BCUT2D eigenvalue weighted by Gasteiger charge is 2.45. The highest BCUT2D eigenvalue weighted by atomic mass is 19.1. The lowest BCUT2D eigenvalue weighted by Gasteiger charge is -2.37. The predicted octanol–water partition coefficient (Wildman–Crippen LogP) is 2.06.